The molecule has 7 heteroatoms. The highest BCUT2D eigenvalue weighted by Crippen LogP contribution is 2.21. The first-order chi connectivity index (χ1) is 9.01. The molecule has 19 heavy (non-hydrogen) atoms. The summed E-state index contributed by atoms with van der Waals surface area (Å²) in [6.07, 6.45) is 1.52. The molecule has 0 unspecified atom stereocenters. The van der Waals surface area contributed by atoms with Crippen LogP contribution in [0.1, 0.15) is 10.5 Å². The zero-order valence-electron chi connectivity index (χ0n) is 10.5. The highest BCUT2D eigenvalue weighted by atomic mass is 19.1. The molecule has 0 aliphatic carbocycles. The molecule has 0 spiro atoms. The highest BCUT2D eigenvalue weighted by molar-refractivity contribution is 6.06. The standard InChI is InChI=1S/C12H13FN4O2/c1-17-6-9(14)11(16-17)12(18)15-7-3-4-10(19-2)8(13)5-7/h3-6H,14H2,1-2H3,(H,15,18). The Labute approximate surface area is 109 Å². The summed E-state index contributed by atoms with van der Waals surface area (Å²) < 4.78 is 19.7. The number of methoxy groups -OCH3 is 1. The Morgan fingerprint density at radius 3 is 2.79 bits per heavy atom. The molecular formula is C12H13FN4O2. The van der Waals surface area contributed by atoms with Gasteiger partial charge in [0.05, 0.1) is 12.8 Å². The maximum atomic E-state index is 13.5. The first kappa shape index (κ1) is 12.9. The number of aromatic nitrogens is 2. The van der Waals surface area contributed by atoms with Crippen LogP contribution in [0.4, 0.5) is 15.8 Å². The van der Waals surface area contributed by atoms with Crippen LogP contribution in [-0.2, 0) is 7.05 Å². The highest BCUT2D eigenvalue weighted by Gasteiger charge is 2.15. The van der Waals surface area contributed by atoms with E-state index in [2.05, 4.69) is 10.4 Å². The number of benzene rings is 1. The molecule has 6 nitrogen and oxygen atoms in total. The number of nitrogen functional groups attached to an aromatic ring is 1. The number of ether oxygens (including phenoxy) is 1. The van der Waals surface area contributed by atoms with Crippen molar-refractivity contribution in [3.05, 3.63) is 35.9 Å². The average molecular weight is 264 g/mol. The Morgan fingerprint density at radius 1 is 1.53 bits per heavy atom. The first-order valence-corrected chi connectivity index (χ1v) is 5.45. The fraction of sp³-hybridized carbons (Fsp3) is 0.167. The third kappa shape index (κ3) is 2.65. The van der Waals surface area contributed by atoms with E-state index in [1.165, 1.54) is 30.1 Å². The largest absolute Gasteiger partial charge is 0.494 e. The number of carbonyl (C=O) groups excluding carboxylic acids is 1. The summed E-state index contributed by atoms with van der Waals surface area (Å²) in [7, 11) is 3.02. The topological polar surface area (TPSA) is 82.2 Å². The van der Waals surface area contributed by atoms with E-state index in [1.807, 2.05) is 0 Å². The van der Waals surface area contributed by atoms with E-state index in [-0.39, 0.29) is 17.1 Å². The molecule has 0 bridgehead atoms. The van der Waals surface area contributed by atoms with Crippen LogP contribution in [0, 0.1) is 5.82 Å². The second kappa shape index (κ2) is 4.97. The monoisotopic (exact) mass is 264 g/mol. The molecule has 0 saturated heterocycles. The number of nitrogens with two attached hydrogens (primary N) is 1. The van der Waals surface area contributed by atoms with Crippen LogP contribution in [0.5, 0.6) is 5.75 Å². The minimum Gasteiger partial charge on any atom is -0.494 e. The third-order valence-corrected chi connectivity index (χ3v) is 2.48. The van der Waals surface area contributed by atoms with Gasteiger partial charge in [-0.3, -0.25) is 9.48 Å². The third-order valence-electron chi connectivity index (χ3n) is 2.48. The molecule has 0 fully saturated rings. The molecule has 100 valence electrons. The van der Waals surface area contributed by atoms with Gasteiger partial charge in [-0.1, -0.05) is 0 Å². The summed E-state index contributed by atoms with van der Waals surface area (Å²) >= 11 is 0. The zero-order valence-corrected chi connectivity index (χ0v) is 10.5. The molecule has 1 heterocycles. The van der Waals surface area contributed by atoms with Gasteiger partial charge in [0.1, 0.15) is 0 Å². The quantitative estimate of drug-likeness (QED) is 0.878. The number of aryl methyl sites for hydroxylation is 1. The van der Waals surface area contributed by atoms with Gasteiger partial charge < -0.3 is 15.8 Å². The number of nitrogens with zero attached hydrogens (tertiary/aromatic N) is 2. The normalized spacial score (nSPS) is 10.3. The maximum absolute atomic E-state index is 13.5. The lowest BCUT2D eigenvalue weighted by Gasteiger charge is -2.06. The number of nitrogens with one attached hydrogen (secondary N) is 1. The van der Waals surface area contributed by atoms with Crippen molar-refractivity contribution in [2.24, 2.45) is 7.05 Å². The van der Waals surface area contributed by atoms with Crippen LogP contribution >= 0.6 is 0 Å². The maximum Gasteiger partial charge on any atom is 0.278 e. The number of anilines is 2. The van der Waals surface area contributed by atoms with Crippen LogP contribution < -0.4 is 15.8 Å². The van der Waals surface area contributed by atoms with Gasteiger partial charge in [0.2, 0.25) is 0 Å². The lowest BCUT2D eigenvalue weighted by molar-refractivity contribution is 0.102. The van der Waals surface area contributed by atoms with E-state index >= 15 is 0 Å². The Bertz CT molecular complexity index is 624. The van der Waals surface area contributed by atoms with Gasteiger partial charge in [-0.15, -0.1) is 0 Å². The van der Waals surface area contributed by atoms with Crippen LogP contribution in [0.25, 0.3) is 0 Å². The van der Waals surface area contributed by atoms with Crippen LogP contribution in [0.2, 0.25) is 0 Å². The second-order valence-electron chi connectivity index (χ2n) is 3.91. The number of rotatable bonds is 3. The molecule has 0 atom stereocenters. The van der Waals surface area contributed by atoms with Gasteiger partial charge in [-0.05, 0) is 12.1 Å². The van der Waals surface area contributed by atoms with Crippen molar-refractivity contribution in [3.8, 4) is 5.75 Å². The Kier molecular flexibility index (Phi) is 3.37. The Morgan fingerprint density at radius 2 is 2.26 bits per heavy atom. The SMILES string of the molecule is COc1ccc(NC(=O)c2nn(C)cc2N)cc1F. The van der Waals surface area contributed by atoms with Crippen molar-refractivity contribution in [2.75, 3.05) is 18.2 Å². The number of hydrogen-bond acceptors (Lipinski definition) is 4. The van der Waals surface area contributed by atoms with E-state index in [9.17, 15) is 9.18 Å². The first-order valence-electron chi connectivity index (χ1n) is 5.45. The fourth-order valence-corrected chi connectivity index (χ4v) is 1.62. The molecule has 0 saturated carbocycles. The molecule has 0 radical (unpaired) electrons. The molecule has 0 aliphatic heterocycles. The number of halogens is 1. The number of hydrogen-bond donors (Lipinski definition) is 2. The van der Waals surface area contributed by atoms with Gasteiger partial charge in [-0.25, -0.2) is 4.39 Å². The van der Waals surface area contributed by atoms with Crippen molar-refractivity contribution in [1.29, 1.82) is 0 Å². The molecule has 1 aromatic carbocycles. The summed E-state index contributed by atoms with van der Waals surface area (Å²) in [6.45, 7) is 0. The molecule has 2 aromatic rings. The van der Waals surface area contributed by atoms with Gasteiger partial charge in [0.15, 0.2) is 17.3 Å². The number of amides is 1. The van der Waals surface area contributed by atoms with Crippen LogP contribution in [0.3, 0.4) is 0 Å². The van der Waals surface area contributed by atoms with E-state index in [4.69, 9.17) is 10.5 Å². The number of carbonyl (C=O) groups is 1. The summed E-state index contributed by atoms with van der Waals surface area (Å²) in [4.78, 5) is 11.9. The molecular weight excluding hydrogens is 251 g/mol. The molecule has 3 N–H and O–H groups in total. The van der Waals surface area contributed by atoms with Gasteiger partial charge in [0, 0.05) is 25.0 Å². The zero-order chi connectivity index (χ0) is 14.0. The van der Waals surface area contributed by atoms with E-state index in [1.54, 1.807) is 7.05 Å². The van der Waals surface area contributed by atoms with Crippen LogP contribution in [-0.4, -0.2) is 22.8 Å². The summed E-state index contributed by atoms with van der Waals surface area (Å²) in [6, 6.07) is 4.11. The van der Waals surface area contributed by atoms with Gasteiger partial charge >= 0.3 is 0 Å². The molecule has 0 aliphatic rings. The summed E-state index contributed by atoms with van der Waals surface area (Å²) in [5.41, 5.74) is 6.29. The second-order valence-corrected chi connectivity index (χ2v) is 3.91. The fourth-order valence-electron chi connectivity index (χ4n) is 1.62. The summed E-state index contributed by atoms with van der Waals surface area (Å²) in [5.74, 6) is -0.952. The van der Waals surface area contributed by atoms with Gasteiger partial charge in [-0.2, -0.15) is 5.10 Å². The Balaban J connectivity index is 2.19. The molecule has 1 aromatic heterocycles. The van der Waals surface area contributed by atoms with E-state index in [0.717, 1.165) is 6.07 Å². The van der Waals surface area contributed by atoms with Crippen molar-refractivity contribution in [1.82, 2.24) is 9.78 Å². The van der Waals surface area contributed by atoms with Crippen molar-refractivity contribution < 1.29 is 13.9 Å². The van der Waals surface area contributed by atoms with Gasteiger partial charge in [0.25, 0.3) is 5.91 Å². The minimum atomic E-state index is -0.561. The Hall–Kier alpha value is -2.57. The lowest BCUT2D eigenvalue weighted by atomic mass is 10.2. The predicted molar refractivity (Wildman–Crippen MR) is 68.5 cm³/mol. The van der Waals surface area contributed by atoms with E-state index < -0.39 is 11.7 Å². The van der Waals surface area contributed by atoms with Crippen LogP contribution in [0.15, 0.2) is 24.4 Å². The van der Waals surface area contributed by atoms with Crippen molar-refractivity contribution in [2.45, 2.75) is 0 Å². The molecule has 2 rings (SSSR count). The average Bonchev–Trinajstić information content (AvgIpc) is 2.69. The van der Waals surface area contributed by atoms with E-state index in [0.29, 0.717) is 5.69 Å². The lowest BCUT2D eigenvalue weighted by Crippen LogP contribution is -2.14. The van der Waals surface area contributed by atoms with Crippen molar-refractivity contribution >= 4 is 17.3 Å². The summed E-state index contributed by atoms with van der Waals surface area (Å²) in [5, 5.41) is 6.44. The predicted octanol–water partition coefficient (Wildman–Crippen LogP) is 1.40. The minimum absolute atomic E-state index is 0.0960. The smallest absolute Gasteiger partial charge is 0.278 e. The van der Waals surface area contributed by atoms with Crippen molar-refractivity contribution in [3.63, 3.8) is 0 Å². The molecule has 1 amide bonds.